The fourth-order valence-electron chi connectivity index (χ4n) is 1.73. The van der Waals surface area contributed by atoms with Crippen LogP contribution in [0.25, 0.3) is 0 Å². The molecule has 0 aliphatic rings. The van der Waals surface area contributed by atoms with E-state index in [0.717, 1.165) is 16.8 Å². The second-order valence-corrected chi connectivity index (χ2v) is 5.48. The first-order valence-electron chi connectivity index (χ1n) is 6.12. The molecule has 0 bridgehead atoms. The van der Waals surface area contributed by atoms with E-state index in [1.54, 1.807) is 0 Å². The number of rotatable bonds is 9. The van der Waals surface area contributed by atoms with Crippen molar-refractivity contribution in [3.63, 3.8) is 0 Å². The van der Waals surface area contributed by atoms with Crippen molar-refractivity contribution in [1.29, 1.82) is 0 Å². The van der Waals surface area contributed by atoms with Gasteiger partial charge in [-0.1, -0.05) is 32.1 Å². The third-order valence-electron chi connectivity index (χ3n) is 2.65. The topological polar surface area (TPSA) is 17.8 Å². The van der Waals surface area contributed by atoms with E-state index < -0.39 is 0 Å². The van der Waals surface area contributed by atoms with E-state index in [2.05, 4.69) is 33.7 Å². The van der Waals surface area contributed by atoms with Gasteiger partial charge in [0.25, 0.3) is 0 Å². The Morgan fingerprint density at radius 2 is 1.69 bits per heavy atom. The molecule has 2 nitrogen and oxygen atoms in total. The Kier molecular flexibility index (Phi) is 8.03. The van der Waals surface area contributed by atoms with Crippen LogP contribution in [0, 0.1) is 0 Å². The van der Waals surface area contributed by atoms with Gasteiger partial charge in [0, 0.05) is 12.7 Å². The zero-order valence-corrected chi connectivity index (χ0v) is 12.2. The van der Waals surface area contributed by atoms with Crippen LogP contribution in [0.5, 0.6) is 0 Å². The Balaban J connectivity index is 1.88. The van der Waals surface area contributed by atoms with Crippen LogP contribution in [0.3, 0.4) is 0 Å². The van der Waals surface area contributed by atoms with Crippen LogP contribution in [-0.4, -0.2) is 15.5 Å². The number of aromatic nitrogens is 2. The van der Waals surface area contributed by atoms with Gasteiger partial charge in [0.1, 0.15) is 0 Å². The maximum Gasteiger partial charge on any atom is 0.0632 e. The molecule has 0 fully saturated rings. The summed E-state index contributed by atoms with van der Waals surface area (Å²) in [5, 5.41) is 4.24. The van der Waals surface area contributed by atoms with Crippen molar-refractivity contribution in [2.24, 2.45) is 0 Å². The van der Waals surface area contributed by atoms with Crippen LogP contribution >= 0.6 is 28.6 Å². The largest absolute Gasteiger partial charge is 0.272 e. The smallest absolute Gasteiger partial charge is 0.0632 e. The number of halogens is 1. The lowest BCUT2D eigenvalue weighted by Crippen LogP contribution is -1.97. The fourth-order valence-corrected chi connectivity index (χ4v) is 2.28. The molecule has 0 atom stereocenters. The summed E-state index contributed by atoms with van der Waals surface area (Å²) in [6.07, 6.45) is 13.1. The third kappa shape index (κ3) is 6.59. The van der Waals surface area contributed by atoms with Crippen molar-refractivity contribution in [2.75, 3.05) is 5.75 Å². The molecule has 0 amide bonds. The maximum atomic E-state index is 4.24. The highest BCUT2D eigenvalue weighted by molar-refractivity contribution is 9.10. The molecule has 1 aromatic rings. The number of thiol groups is 1. The summed E-state index contributed by atoms with van der Waals surface area (Å²) >= 11 is 7.61. The van der Waals surface area contributed by atoms with Crippen LogP contribution in [0.15, 0.2) is 16.9 Å². The predicted octanol–water partition coefficient (Wildman–Crippen LogP) is 4.31. The van der Waals surface area contributed by atoms with Crippen molar-refractivity contribution >= 4 is 28.6 Å². The molecule has 1 aromatic heterocycles. The van der Waals surface area contributed by atoms with E-state index >= 15 is 0 Å². The highest BCUT2D eigenvalue weighted by atomic mass is 79.9. The van der Waals surface area contributed by atoms with Gasteiger partial charge in [0.15, 0.2) is 0 Å². The molecule has 0 saturated carbocycles. The standard InChI is InChI=1S/C12H21BrN2S/c13-12-10-14-15(11-12)8-6-4-2-1-3-5-7-9-16/h10-11,16H,1-9H2. The first-order valence-corrected chi connectivity index (χ1v) is 7.54. The van der Waals surface area contributed by atoms with Crippen molar-refractivity contribution in [1.82, 2.24) is 9.78 Å². The summed E-state index contributed by atoms with van der Waals surface area (Å²) < 4.78 is 3.07. The molecule has 0 spiro atoms. The molecule has 1 heterocycles. The van der Waals surface area contributed by atoms with Gasteiger partial charge >= 0.3 is 0 Å². The molecule has 92 valence electrons. The van der Waals surface area contributed by atoms with E-state index in [1.165, 1.54) is 44.9 Å². The minimum Gasteiger partial charge on any atom is -0.272 e. The molecule has 0 aliphatic heterocycles. The Morgan fingerprint density at radius 1 is 1.06 bits per heavy atom. The zero-order chi connectivity index (χ0) is 11.6. The Labute approximate surface area is 112 Å². The highest BCUT2D eigenvalue weighted by Crippen LogP contribution is 2.10. The molecule has 0 aromatic carbocycles. The molecule has 0 unspecified atom stereocenters. The van der Waals surface area contributed by atoms with Crippen molar-refractivity contribution in [3.05, 3.63) is 16.9 Å². The normalized spacial score (nSPS) is 10.9. The number of hydrogen-bond acceptors (Lipinski definition) is 2. The van der Waals surface area contributed by atoms with Gasteiger partial charge in [0.2, 0.25) is 0 Å². The van der Waals surface area contributed by atoms with Gasteiger partial charge in [-0.3, -0.25) is 4.68 Å². The molecule has 1 rings (SSSR count). The molecule has 0 N–H and O–H groups in total. The predicted molar refractivity (Wildman–Crippen MR) is 76.1 cm³/mol. The van der Waals surface area contributed by atoms with E-state index in [1.807, 2.05) is 17.1 Å². The minimum atomic E-state index is 1.04. The van der Waals surface area contributed by atoms with Crippen LogP contribution < -0.4 is 0 Å². The van der Waals surface area contributed by atoms with Gasteiger partial charge in [0.05, 0.1) is 10.7 Å². The van der Waals surface area contributed by atoms with E-state index in [0.29, 0.717) is 0 Å². The average molecular weight is 305 g/mol. The van der Waals surface area contributed by atoms with Crippen LogP contribution in [-0.2, 0) is 6.54 Å². The van der Waals surface area contributed by atoms with Gasteiger partial charge in [-0.15, -0.1) is 0 Å². The zero-order valence-electron chi connectivity index (χ0n) is 9.74. The first kappa shape index (κ1) is 14.1. The summed E-state index contributed by atoms with van der Waals surface area (Å²) in [5.74, 6) is 1.04. The van der Waals surface area contributed by atoms with Gasteiger partial charge in [-0.2, -0.15) is 17.7 Å². The molecule has 0 aliphatic carbocycles. The quantitative estimate of drug-likeness (QED) is 0.532. The Hall–Kier alpha value is 0.0400. The second-order valence-electron chi connectivity index (χ2n) is 4.12. The SMILES string of the molecule is SCCCCCCCCCn1cc(Br)cn1. The molecule has 4 heteroatoms. The van der Waals surface area contributed by atoms with Crippen LogP contribution in [0.2, 0.25) is 0 Å². The summed E-state index contributed by atoms with van der Waals surface area (Å²) in [7, 11) is 0. The van der Waals surface area contributed by atoms with Crippen LogP contribution in [0.4, 0.5) is 0 Å². The third-order valence-corrected chi connectivity index (χ3v) is 3.37. The summed E-state index contributed by atoms with van der Waals surface area (Å²) in [6, 6.07) is 0. The average Bonchev–Trinajstić information content (AvgIpc) is 2.68. The van der Waals surface area contributed by atoms with Crippen molar-refractivity contribution in [3.8, 4) is 0 Å². The fraction of sp³-hybridized carbons (Fsp3) is 0.750. The van der Waals surface area contributed by atoms with Gasteiger partial charge < -0.3 is 0 Å². The molecule has 16 heavy (non-hydrogen) atoms. The number of aryl methyl sites for hydroxylation is 1. The van der Waals surface area contributed by atoms with E-state index in [4.69, 9.17) is 0 Å². The van der Waals surface area contributed by atoms with Crippen molar-refractivity contribution < 1.29 is 0 Å². The Morgan fingerprint density at radius 3 is 2.25 bits per heavy atom. The van der Waals surface area contributed by atoms with Gasteiger partial charge in [-0.05, 0) is 34.5 Å². The molecular formula is C12H21BrN2S. The lowest BCUT2D eigenvalue weighted by atomic mass is 10.1. The van der Waals surface area contributed by atoms with E-state index in [9.17, 15) is 0 Å². The number of nitrogens with zero attached hydrogens (tertiary/aromatic N) is 2. The number of hydrogen-bond donors (Lipinski definition) is 1. The molecule has 0 radical (unpaired) electrons. The first-order chi connectivity index (χ1) is 7.83. The summed E-state index contributed by atoms with van der Waals surface area (Å²) in [4.78, 5) is 0. The highest BCUT2D eigenvalue weighted by Gasteiger charge is 1.95. The summed E-state index contributed by atoms with van der Waals surface area (Å²) in [5.41, 5.74) is 0. The van der Waals surface area contributed by atoms with Crippen molar-refractivity contribution in [2.45, 2.75) is 51.5 Å². The lowest BCUT2D eigenvalue weighted by molar-refractivity contribution is 0.523. The number of unbranched alkanes of at least 4 members (excludes halogenated alkanes) is 6. The second kappa shape index (κ2) is 9.11. The van der Waals surface area contributed by atoms with Gasteiger partial charge in [-0.25, -0.2) is 0 Å². The lowest BCUT2D eigenvalue weighted by Gasteiger charge is -2.02. The monoisotopic (exact) mass is 304 g/mol. The van der Waals surface area contributed by atoms with E-state index in [-0.39, 0.29) is 0 Å². The van der Waals surface area contributed by atoms with Crippen LogP contribution in [0.1, 0.15) is 44.9 Å². The molecule has 0 saturated heterocycles. The summed E-state index contributed by atoms with van der Waals surface area (Å²) in [6.45, 7) is 1.04. The Bertz CT molecular complexity index is 276. The minimum absolute atomic E-state index is 1.04. The maximum absolute atomic E-state index is 4.24. The molecular weight excluding hydrogens is 284 g/mol.